The lowest BCUT2D eigenvalue weighted by atomic mass is 10.7. The molecule has 0 rings (SSSR count). The monoisotopic (exact) mass is 275 g/mol. The van der Waals surface area contributed by atoms with Gasteiger partial charge in [0.2, 0.25) is 0 Å². The standard InChI is InChI=1S/C4H5BrIO/c1-2-3-7-4(5)6/h2-3H,1H3/b3-2-. The smallest absolute Gasteiger partial charge is 0.270 e. The molecule has 3 heteroatoms. The number of rotatable bonds is 2. The van der Waals surface area contributed by atoms with Crippen molar-refractivity contribution in [3.63, 3.8) is 0 Å². The fraction of sp³-hybridized carbons (Fsp3) is 0.250. The van der Waals surface area contributed by atoms with Crippen LogP contribution in [-0.4, -0.2) is 0 Å². The molecule has 0 aromatic carbocycles. The van der Waals surface area contributed by atoms with Crippen molar-refractivity contribution in [2.75, 3.05) is 0 Å². The van der Waals surface area contributed by atoms with Gasteiger partial charge in [0.15, 0.2) is 0 Å². The lowest BCUT2D eigenvalue weighted by molar-refractivity contribution is 0.373. The number of hydrogen-bond acceptors (Lipinski definition) is 1. The Kier molecular flexibility index (Phi) is 5.42. The summed E-state index contributed by atoms with van der Waals surface area (Å²) in [4.78, 5) is 0. The van der Waals surface area contributed by atoms with Crippen molar-refractivity contribution >= 4 is 38.5 Å². The van der Waals surface area contributed by atoms with Crippen molar-refractivity contribution < 1.29 is 4.74 Å². The number of hydrogen-bond donors (Lipinski definition) is 0. The third kappa shape index (κ3) is 6.75. The van der Waals surface area contributed by atoms with E-state index in [1.165, 1.54) is 0 Å². The summed E-state index contributed by atoms with van der Waals surface area (Å²) in [7, 11) is 0. The van der Waals surface area contributed by atoms with E-state index in [-0.39, 0.29) is 0 Å². The molecular weight excluding hydrogens is 271 g/mol. The highest BCUT2D eigenvalue weighted by molar-refractivity contribution is 14.1. The summed E-state index contributed by atoms with van der Waals surface area (Å²) in [5.74, 6) is 0. The summed E-state index contributed by atoms with van der Waals surface area (Å²) in [5.41, 5.74) is 0. The van der Waals surface area contributed by atoms with Crippen LogP contribution in [0.15, 0.2) is 12.3 Å². The first-order valence-corrected chi connectivity index (χ1v) is 3.60. The maximum Gasteiger partial charge on any atom is 0.270 e. The molecular formula is C4H5BrIO. The van der Waals surface area contributed by atoms with Crippen molar-refractivity contribution in [1.29, 1.82) is 0 Å². The SMILES string of the molecule is C/C=C\O[C](Br)I. The molecule has 0 N–H and O–H groups in total. The number of allylic oxidation sites excluding steroid dienone is 1. The zero-order valence-corrected chi connectivity index (χ0v) is 7.56. The lowest BCUT2D eigenvalue weighted by Crippen LogP contribution is -1.71. The molecule has 0 amide bonds. The van der Waals surface area contributed by atoms with Gasteiger partial charge < -0.3 is 4.74 Å². The normalized spacial score (nSPS) is 10.9. The van der Waals surface area contributed by atoms with Gasteiger partial charge in [0.25, 0.3) is 3.02 Å². The molecule has 1 radical (unpaired) electrons. The van der Waals surface area contributed by atoms with Gasteiger partial charge in [0.05, 0.1) is 6.26 Å². The van der Waals surface area contributed by atoms with Crippen molar-refractivity contribution in [3.05, 3.63) is 15.4 Å². The molecule has 0 atom stereocenters. The van der Waals surface area contributed by atoms with Crippen molar-refractivity contribution in [2.24, 2.45) is 0 Å². The number of ether oxygens (including phenoxy) is 1. The molecule has 0 spiro atoms. The molecule has 0 aliphatic rings. The Hall–Kier alpha value is 0.750. The average molecular weight is 276 g/mol. The third-order valence-electron chi connectivity index (χ3n) is 0.293. The average Bonchev–Trinajstić information content (AvgIpc) is 1.61. The van der Waals surface area contributed by atoms with Gasteiger partial charge in [0.1, 0.15) is 0 Å². The second-order valence-electron chi connectivity index (χ2n) is 0.813. The zero-order chi connectivity index (χ0) is 5.70. The lowest BCUT2D eigenvalue weighted by Gasteiger charge is -1.93. The van der Waals surface area contributed by atoms with E-state index in [4.69, 9.17) is 4.74 Å². The topological polar surface area (TPSA) is 9.23 Å². The van der Waals surface area contributed by atoms with Crippen LogP contribution in [0.1, 0.15) is 6.92 Å². The summed E-state index contributed by atoms with van der Waals surface area (Å²) in [5, 5.41) is 0. The molecule has 0 bridgehead atoms. The Bertz CT molecular complexity index is 62.7. The van der Waals surface area contributed by atoms with E-state index in [1.807, 2.05) is 35.6 Å². The zero-order valence-electron chi connectivity index (χ0n) is 3.82. The molecule has 41 valence electrons. The highest BCUT2D eigenvalue weighted by atomic mass is 127. The van der Waals surface area contributed by atoms with Gasteiger partial charge in [-0.2, -0.15) is 0 Å². The van der Waals surface area contributed by atoms with Gasteiger partial charge in [-0.15, -0.1) is 0 Å². The molecule has 1 nitrogen and oxygen atoms in total. The first-order valence-electron chi connectivity index (χ1n) is 1.73. The molecule has 0 aromatic heterocycles. The second kappa shape index (κ2) is 4.90. The largest absolute Gasteiger partial charge is 0.469 e. The second-order valence-corrected chi connectivity index (χ2v) is 4.00. The van der Waals surface area contributed by atoms with E-state index in [9.17, 15) is 0 Å². The maximum absolute atomic E-state index is 4.83. The maximum atomic E-state index is 4.83. The summed E-state index contributed by atoms with van der Waals surface area (Å²) in [6.07, 6.45) is 3.43. The predicted molar refractivity (Wildman–Crippen MR) is 42.1 cm³/mol. The van der Waals surface area contributed by atoms with Crippen molar-refractivity contribution in [2.45, 2.75) is 6.92 Å². The van der Waals surface area contributed by atoms with Gasteiger partial charge in [-0.05, 0) is 45.4 Å². The van der Waals surface area contributed by atoms with Gasteiger partial charge >= 0.3 is 0 Å². The van der Waals surface area contributed by atoms with Gasteiger partial charge in [0, 0.05) is 0 Å². The first-order chi connectivity index (χ1) is 3.27. The van der Waals surface area contributed by atoms with Crippen LogP contribution in [0.5, 0.6) is 0 Å². The molecule has 0 aliphatic carbocycles. The van der Waals surface area contributed by atoms with E-state index in [2.05, 4.69) is 15.9 Å². The Morgan fingerprint density at radius 2 is 2.43 bits per heavy atom. The minimum Gasteiger partial charge on any atom is -0.469 e. The Labute approximate surface area is 65.4 Å². The van der Waals surface area contributed by atoms with Crippen LogP contribution in [0.3, 0.4) is 0 Å². The van der Waals surface area contributed by atoms with Gasteiger partial charge in [-0.25, -0.2) is 0 Å². The van der Waals surface area contributed by atoms with Crippen molar-refractivity contribution in [3.8, 4) is 0 Å². The minimum absolute atomic E-state index is 0.753. The van der Waals surface area contributed by atoms with Gasteiger partial charge in [-0.1, -0.05) is 6.08 Å². The highest BCUT2D eigenvalue weighted by Gasteiger charge is 1.91. The highest BCUT2D eigenvalue weighted by Crippen LogP contribution is 2.19. The summed E-state index contributed by atoms with van der Waals surface area (Å²) in [6.45, 7) is 1.90. The van der Waals surface area contributed by atoms with Crippen LogP contribution < -0.4 is 0 Å². The Morgan fingerprint density at radius 3 is 2.57 bits per heavy atom. The van der Waals surface area contributed by atoms with E-state index in [0.717, 1.165) is 3.02 Å². The van der Waals surface area contributed by atoms with Crippen LogP contribution in [0.4, 0.5) is 0 Å². The quantitative estimate of drug-likeness (QED) is 0.556. The molecule has 0 fully saturated rings. The molecule has 0 unspecified atom stereocenters. The fourth-order valence-corrected chi connectivity index (χ4v) is 0.374. The Morgan fingerprint density at radius 1 is 1.86 bits per heavy atom. The third-order valence-corrected chi connectivity index (χ3v) is 0.734. The molecule has 0 saturated heterocycles. The van der Waals surface area contributed by atoms with Crippen LogP contribution in [0, 0.1) is 3.02 Å². The Balaban J connectivity index is 2.97. The van der Waals surface area contributed by atoms with E-state index >= 15 is 0 Å². The van der Waals surface area contributed by atoms with Crippen LogP contribution in [-0.2, 0) is 4.74 Å². The van der Waals surface area contributed by atoms with E-state index < -0.39 is 0 Å². The first kappa shape index (κ1) is 7.75. The summed E-state index contributed by atoms with van der Waals surface area (Å²) >= 11 is 5.13. The minimum atomic E-state index is 0.753. The van der Waals surface area contributed by atoms with Crippen molar-refractivity contribution in [1.82, 2.24) is 0 Å². The number of halogens is 2. The molecule has 0 aromatic rings. The van der Waals surface area contributed by atoms with Crippen LogP contribution in [0.25, 0.3) is 0 Å². The molecule has 0 heterocycles. The van der Waals surface area contributed by atoms with Crippen LogP contribution >= 0.6 is 38.5 Å². The van der Waals surface area contributed by atoms with Crippen LogP contribution in [0.2, 0.25) is 0 Å². The summed E-state index contributed by atoms with van der Waals surface area (Å²) in [6, 6.07) is 0. The van der Waals surface area contributed by atoms with E-state index in [0.29, 0.717) is 0 Å². The predicted octanol–water partition coefficient (Wildman–Crippen LogP) is 2.81. The summed E-state index contributed by atoms with van der Waals surface area (Å²) < 4.78 is 5.58. The molecule has 7 heavy (non-hydrogen) atoms. The van der Waals surface area contributed by atoms with E-state index in [1.54, 1.807) is 6.26 Å². The fourth-order valence-electron chi connectivity index (χ4n) is 0.119. The molecule has 0 saturated carbocycles. The molecule has 0 aliphatic heterocycles. The van der Waals surface area contributed by atoms with Gasteiger partial charge in [-0.3, -0.25) is 0 Å².